The van der Waals surface area contributed by atoms with Crippen molar-refractivity contribution in [2.24, 2.45) is 5.41 Å². The third-order valence-corrected chi connectivity index (χ3v) is 4.54. The van der Waals surface area contributed by atoms with Crippen LogP contribution in [0.4, 0.5) is 0 Å². The molecule has 0 N–H and O–H groups in total. The number of hydrogen-bond donors (Lipinski definition) is 0. The maximum absolute atomic E-state index is 12.7. The summed E-state index contributed by atoms with van der Waals surface area (Å²) in [7, 11) is 0. The summed E-state index contributed by atoms with van der Waals surface area (Å²) in [6.07, 6.45) is 4.22. The van der Waals surface area contributed by atoms with Crippen LogP contribution in [-0.4, -0.2) is 35.4 Å². The zero-order valence-electron chi connectivity index (χ0n) is 11.6. The van der Waals surface area contributed by atoms with Crippen molar-refractivity contribution in [1.82, 2.24) is 4.90 Å². The standard InChI is InChI=1S/C14H24N2OS/c1-3-6-14(12-15,7-4-2)13(17)16-8-5-10-18-11-9-16/h3-11H2,1-2H3. The third kappa shape index (κ3) is 3.65. The molecule has 1 aliphatic rings. The summed E-state index contributed by atoms with van der Waals surface area (Å²) in [4.78, 5) is 14.6. The van der Waals surface area contributed by atoms with Gasteiger partial charge in [0, 0.05) is 18.8 Å². The Hall–Kier alpha value is -0.690. The lowest BCUT2D eigenvalue weighted by molar-refractivity contribution is -0.139. The SMILES string of the molecule is CCCC(C#N)(CCC)C(=O)N1CCCSCC1. The van der Waals surface area contributed by atoms with Gasteiger partial charge in [0.25, 0.3) is 0 Å². The zero-order chi connectivity index (χ0) is 13.4. The summed E-state index contributed by atoms with van der Waals surface area (Å²) in [6.45, 7) is 5.73. The van der Waals surface area contributed by atoms with E-state index in [9.17, 15) is 10.1 Å². The highest BCUT2D eigenvalue weighted by atomic mass is 32.2. The Labute approximate surface area is 115 Å². The first-order chi connectivity index (χ1) is 8.70. The fraction of sp³-hybridized carbons (Fsp3) is 0.857. The van der Waals surface area contributed by atoms with Crippen molar-refractivity contribution in [1.29, 1.82) is 5.26 Å². The maximum atomic E-state index is 12.7. The molecule has 0 aromatic rings. The van der Waals surface area contributed by atoms with E-state index in [1.54, 1.807) is 0 Å². The molecule has 0 atom stereocenters. The maximum Gasteiger partial charge on any atom is 0.243 e. The molecule has 0 unspecified atom stereocenters. The first-order valence-corrected chi connectivity index (χ1v) is 8.14. The van der Waals surface area contributed by atoms with Gasteiger partial charge in [-0.2, -0.15) is 17.0 Å². The lowest BCUT2D eigenvalue weighted by Gasteiger charge is -2.31. The highest BCUT2D eigenvalue weighted by molar-refractivity contribution is 7.99. The number of nitrogens with zero attached hydrogens (tertiary/aromatic N) is 2. The molecule has 0 bridgehead atoms. The summed E-state index contributed by atoms with van der Waals surface area (Å²) < 4.78 is 0. The van der Waals surface area contributed by atoms with E-state index in [1.807, 2.05) is 30.5 Å². The Kier molecular flexibility index (Phi) is 6.56. The zero-order valence-corrected chi connectivity index (χ0v) is 12.4. The highest BCUT2D eigenvalue weighted by Crippen LogP contribution is 2.32. The average Bonchev–Trinajstić information content (AvgIpc) is 2.66. The molecule has 3 nitrogen and oxygen atoms in total. The van der Waals surface area contributed by atoms with Crippen LogP contribution in [-0.2, 0) is 4.79 Å². The minimum Gasteiger partial charge on any atom is -0.340 e. The summed E-state index contributed by atoms with van der Waals surface area (Å²) in [5, 5.41) is 9.51. The van der Waals surface area contributed by atoms with E-state index in [2.05, 4.69) is 6.07 Å². The predicted octanol–water partition coefficient (Wildman–Crippen LogP) is 3.06. The van der Waals surface area contributed by atoms with E-state index in [0.717, 1.165) is 43.9 Å². The minimum atomic E-state index is -0.765. The van der Waals surface area contributed by atoms with Crippen molar-refractivity contribution >= 4 is 17.7 Å². The van der Waals surface area contributed by atoms with Gasteiger partial charge in [0.15, 0.2) is 0 Å². The van der Waals surface area contributed by atoms with E-state index in [-0.39, 0.29) is 5.91 Å². The average molecular weight is 268 g/mol. The Balaban J connectivity index is 2.82. The second kappa shape index (κ2) is 7.68. The molecule has 1 amide bonds. The Morgan fingerprint density at radius 2 is 1.94 bits per heavy atom. The number of thioether (sulfide) groups is 1. The second-order valence-electron chi connectivity index (χ2n) is 4.95. The molecule has 0 spiro atoms. The van der Waals surface area contributed by atoms with Gasteiger partial charge >= 0.3 is 0 Å². The number of hydrogen-bond acceptors (Lipinski definition) is 3. The van der Waals surface area contributed by atoms with Crippen molar-refractivity contribution in [3.05, 3.63) is 0 Å². The predicted molar refractivity (Wildman–Crippen MR) is 76.4 cm³/mol. The lowest BCUT2D eigenvalue weighted by Crippen LogP contribution is -2.44. The van der Waals surface area contributed by atoms with Crippen molar-refractivity contribution < 1.29 is 4.79 Å². The monoisotopic (exact) mass is 268 g/mol. The first-order valence-electron chi connectivity index (χ1n) is 6.98. The first kappa shape index (κ1) is 15.4. The summed E-state index contributed by atoms with van der Waals surface area (Å²) in [5.74, 6) is 2.22. The van der Waals surface area contributed by atoms with Crippen LogP contribution in [0.1, 0.15) is 46.0 Å². The smallest absolute Gasteiger partial charge is 0.243 e. The fourth-order valence-electron chi connectivity index (χ4n) is 2.60. The Morgan fingerprint density at radius 3 is 2.50 bits per heavy atom. The molecule has 0 radical (unpaired) electrons. The third-order valence-electron chi connectivity index (χ3n) is 3.49. The van der Waals surface area contributed by atoms with E-state index >= 15 is 0 Å². The Morgan fingerprint density at radius 1 is 1.28 bits per heavy atom. The van der Waals surface area contributed by atoms with Gasteiger partial charge in [0.1, 0.15) is 5.41 Å². The van der Waals surface area contributed by atoms with Crippen LogP contribution in [0, 0.1) is 16.7 Å². The topological polar surface area (TPSA) is 44.1 Å². The van der Waals surface area contributed by atoms with Crippen molar-refractivity contribution in [3.63, 3.8) is 0 Å². The van der Waals surface area contributed by atoms with E-state index in [1.165, 1.54) is 0 Å². The number of carbonyl (C=O) groups is 1. The van der Waals surface area contributed by atoms with Crippen LogP contribution in [0.5, 0.6) is 0 Å². The molecule has 18 heavy (non-hydrogen) atoms. The van der Waals surface area contributed by atoms with Gasteiger partial charge in [0.05, 0.1) is 6.07 Å². The summed E-state index contributed by atoms with van der Waals surface area (Å²) >= 11 is 1.91. The van der Waals surface area contributed by atoms with E-state index in [4.69, 9.17) is 0 Å². The molecule has 1 saturated heterocycles. The van der Waals surface area contributed by atoms with Crippen molar-refractivity contribution in [3.8, 4) is 6.07 Å². The molecular formula is C14H24N2OS. The van der Waals surface area contributed by atoms with Gasteiger partial charge in [-0.3, -0.25) is 4.79 Å². The molecule has 1 heterocycles. The van der Waals surface area contributed by atoms with Gasteiger partial charge in [-0.1, -0.05) is 26.7 Å². The number of amides is 1. The quantitative estimate of drug-likeness (QED) is 0.769. The van der Waals surface area contributed by atoms with Gasteiger partial charge in [0.2, 0.25) is 5.91 Å². The van der Waals surface area contributed by atoms with Gasteiger partial charge < -0.3 is 4.90 Å². The molecular weight excluding hydrogens is 244 g/mol. The molecule has 1 fully saturated rings. The fourth-order valence-corrected chi connectivity index (χ4v) is 3.49. The van der Waals surface area contributed by atoms with E-state index < -0.39 is 5.41 Å². The van der Waals surface area contributed by atoms with Crippen molar-refractivity contribution in [2.75, 3.05) is 24.6 Å². The summed E-state index contributed by atoms with van der Waals surface area (Å²) in [5.41, 5.74) is -0.765. The molecule has 1 rings (SSSR count). The molecule has 0 saturated carbocycles. The Bertz CT molecular complexity index is 297. The molecule has 1 aliphatic heterocycles. The van der Waals surface area contributed by atoms with Gasteiger partial charge in [-0.15, -0.1) is 0 Å². The molecule has 0 aliphatic carbocycles. The molecule has 4 heteroatoms. The van der Waals surface area contributed by atoms with Gasteiger partial charge in [-0.25, -0.2) is 0 Å². The number of carbonyl (C=O) groups excluding carboxylic acids is 1. The van der Waals surface area contributed by atoms with Crippen LogP contribution < -0.4 is 0 Å². The van der Waals surface area contributed by atoms with Crippen LogP contribution >= 0.6 is 11.8 Å². The largest absolute Gasteiger partial charge is 0.340 e. The number of rotatable bonds is 5. The summed E-state index contributed by atoms with van der Waals surface area (Å²) in [6, 6.07) is 2.34. The second-order valence-corrected chi connectivity index (χ2v) is 6.18. The molecule has 102 valence electrons. The highest BCUT2D eigenvalue weighted by Gasteiger charge is 2.39. The van der Waals surface area contributed by atoms with Crippen LogP contribution in [0.2, 0.25) is 0 Å². The van der Waals surface area contributed by atoms with Gasteiger partial charge in [-0.05, 0) is 25.0 Å². The van der Waals surface area contributed by atoms with Crippen LogP contribution in [0.15, 0.2) is 0 Å². The molecule has 0 aromatic heterocycles. The molecule has 0 aromatic carbocycles. The van der Waals surface area contributed by atoms with E-state index in [0.29, 0.717) is 12.8 Å². The van der Waals surface area contributed by atoms with Crippen molar-refractivity contribution in [2.45, 2.75) is 46.0 Å². The van der Waals surface area contributed by atoms with Crippen LogP contribution in [0.25, 0.3) is 0 Å². The number of nitriles is 1. The lowest BCUT2D eigenvalue weighted by atomic mass is 9.79. The minimum absolute atomic E-state index is 0.0798. The van der Waals surface area contributed by atoms with Crippen LogP contribution in [0.3, 0.4) is 0 Å². The normalized spacial score (nSPS) is 17.1.